The van der Waals surface area contributed by atoms with Gasteiger partial charge in [0.1, 0.15) is 0 Å². The Morgan fingerprint density at radius 2 is 2.00 bits per heavy atom. The lowest BCUT2D eigenvalue weighted by Crippen LogP contribution is -2.62. The fourth-order valence-corrected chi connectivity index (χ4v) is 1.14. The number of hydrogen-bond acceptors (Lipinski definition) is 6. The molecule has 1 unspecified atom stereocenters. The molecule has 0 aliphatic rings. The monoisotopic (exact) mass is 285 g/mol. The van der Waals surface area contributed by atoms with Crippen LogP contribution in [0.4, 0.5) is 23.1 Å². The smallest absolute Gasteiger partial charge is 0.422 e. The Morgan fingerprint density at radius 1 is 1.39 bits per heavy atom. The first-order chi connectivity index (χ1) is 8.17. The van der Waals surface area contributed by atoms with Gasteiger partial charge in [0.05, 0.1) is 0 Å². The second kappa shape index (κ2) is 4.72. The molecule has 1 aromatic heterocycles. The van der Waals surface area contributed by atoms with Gasteiger partial charge in [-0.15, -0.1) is 0 Å². The number of nitrogens with zero attached hydrogens (tertiary/aromatic N) is 3. The van der Waals surface area contributed by atoms with E-state index in [-0.39, 0.29) is 5.13 Å². The van der Waals surface area contributed by atoms with Crippen molar-refractivity contribution in [3.63, 3.8) is 0 Å². The average molecular weight is 285 g/mol. The molecule has 0 aliphatic heterocycles. The van der Waals surface area contributed by atoms with Gasteiger partial charge in [0, 0.05) is 11.5 Å². The fourth-order valence-electron chi connectivity index (χ4n) is 0.783. The van der Waals surface area contributed by atoms with Gasteiger partial charge in [0.25, 0.3) is 0 Å². The van der Waals surface area contributed by atoms with Crippen LogP contribution < -0.4 is 10.6 Å². The van der Waals surface area contributed by atoms with Gasteiger partial charge in [-0.1, -0.05) is 9.59 Å². The maximum atomic E-state index is 12.5. The Hall–Kier alpha value is -1.98. The van der Waals surface area contributed by atoms with Crippen molar-refractivity contribution in [2.45, 2.75) is 18.6 Å². The summed E-state index contributed by atoms with van der Waals surface area (Å²) < 4.78 is 40.9. The maximum absolute atomic E-state index is 12.5. The van der Waals surface area contributed by atoms with Crippen LogP contribution in [-0.2, 0) is 4.79 Å². The third-order valence-electron chi connectivity index (χ3n) is 1.88. The molecular weight excluding hydrogens is 279 g/mol. The molecule has 100 valence electrons. The minimum Gasteiger partial charge on any atom is -0.479 e. The first-order valence-electron chi connectivity index (χ1n) is 4.21. The van der Waals surface area contributed by atoms with E-state index in [0.717, 1.165) is 0 Å². The molecule has 18 heavy (non-hydrogen) atoms. The predicted octanol–water partition coefficient (Wildman–Crippen LogP) is 0.460. The number of rotatable bonds is 3. The number of alkyl halides is 3. The molecule has 1 rings (SSSR count). The van der Waals surface area contributed by atoms with E-state index >= 15 is 0 Å². The van der Waals surface area contributed by atoms with Crippen molar-refractivity contribution in [2.24, 2.45) is 0 Å². The summed E-state index contributed by atoms with van der Waals surface area (Å²) in [6.45, 7) is 0.327. The van der Waals surface area contributed by atoms with E-state index in [1.807, 2.05) is 5.32 Å². The molecule has 3 N–H and O–H groups in total. The Balaban J connectivity index is 2.80. The molecule has 0 fully saturated rings. The molecule has 12 heteroatoms. The van der Waals surface area contributed by atoms with Crippen molar-refractivity contribution in [2.75, 3.05) is 5.32 Å². The number of halogens is 3. The van der Waals surface area contributed by atoms with Crippen molar-refractivity contribution in [3.05, 3.63) is 0 Å². The molecule has 1 aromatic rings. The number of hydrogen-bond donors (Lipinski definition) is 3. The number of nitrogens with one attached hydrogen (secondary N) is 2. The van der Waals surface area contributed by atoms with Gasteiger partial charge in [-0.05, 0) is 12.1 Å². The van der Waals surface area contributed by atoms with Gasteiger partial charge < -0.3 is 10.4 Å². The van der Waals surface area contributed by atoms with Crippen molar-refractivity contribution < 1.29 is 27.9 Å². The molecule has 0 aliphatic carbocycles. The Morgan fingerprint density at radius 3 is 2.39 bits per heavy atom. The number of urea groups is 1. The van der Waals surface area contributed by atoms with Crippen LogP contribution in [0.5, 0.6) is 0 Å². The van der Waals surface area contributed by atoms with Crippen molar-refractivity contribution in [3.8, 4) is 0 Å². The minimum atomic E-state index is -5.16. The summed E-state index contributed by atoms with van der Waals surface area (Å²) in [5.74, 6) is -2.24. The highest BCUT2D eigenvalue weighted by molar-refractivity contribution is 7.09. The van der Waals surface area contributed by atoms with Crippen LogP contribution in [-0.4, -0.2) is 43.6 Å². The predicted molar refractivity (Wildman–Crippen MR) is 52.0 cm³/mol. The number of carboxylic acid groups (broad SMARTS) is 1. The number of amides is 2. The summed E-state index contributed by atoms with van der Waals surface area (Å²) in [6, 6.07) is -1.38. The number of anilines is 1. The number of carbonyl (C=O) groups excluding carboxylic acids is 1. The van der Waals surface area contributed by atoms with Crippen LogP contribution in [0, 0.1) is 0 Å². The normalized spacial score (nSPS) is 14.7. The van der Waals surface area contributed by atoms with E-state index in [0.29, 0.717) is 18.5 Å². The molecule has 0 saturated carbocycles. The lowest BCUT2D eigenvalue weighted by molar-refractivity contribution is -0.203. The molecule has 1 heterocycles. The number of aromatic nitrogens is 3. The molecule has 0 saturated heterocycles. The molecule has 0 aromatic carbocycles. The van der Waals surface area contributed by atoms with Crippen LogP contribution >= 0.6 is 11.5 Å². The van der Waals surface area contributed by atoms with Gasteiger partial charge in [0.15, 0.2) is 0 Å². The van der Waals surface area contributed by atoms with E-state index in [9.17, 15) is 22.8 Å². The number of carboxylic acids is 1. The van der Waals surface area contributed by atoms with Gasteiger partial charge in [0.2, 0.25) is 10.7 Å². The van der Waals surface area contributed by atoms with E-state index in [4.69, 9.17) is 5.11 Å². The molecular formula is C6H6F3N5O3S. The molecule has 0 spiro atoms. The number of aliphatic carboxylic acids is 1. The standard InChI is InChI=1S/C6H6F3N5O3S/c1-5(2(15)16,6(7,8)9)11-3(17)10-4-12-13-14-18-4/h1H3,(H,15,16)(H2,10,11,12,14,17). The van der Waals surface area contributed by atoms with E-state index in [1.165, 1.54) is 5.32 Å². The first-order valence-corrected chi connectivity index (χ1v) is 4.98. The topological polar surface area (TPSA) is 117 Å². The molecule has 0 bridgehead atoms. The summed E-state index contributed by atoms with van der Waals surface area (Å²) in [5.41, 5.74) is -3.41. The summed E-state index contributed by atoms with van der Waals surface area (Å²) in [7, 11) is 0. The Labute approximate surface area is 101 Å². The summed E-state index contributed by atoms with van der Waals surface area (Å²) in [6.07, 6.45) is -5.16. The highest BCUT2D eigenvalue weighted by Gasteiger charge is 2.58. The van der Waals surface area contributed by atoms with E-state index in [2.05, 4.69) is 14.8 Å². The lowest BCUT2D eigenvalue weighted by Gasteiger charge is -2.28. The first kappa shape index (κ1) is 14.1. The van der Waals surface area contributed by atoms with Gasteiger partial charge in [-0.25, -0.2) is 9.59 Å². The second-order valence-electron chi connectivity index (χ2n) is 3.17. The fraction of sp³-hybridized carbons (Fsp3) is 0.500. The second-order valence-corrected chi connectivity index (χ2v) is 3.91. The van der Waals surface area contributed by atoms with Crippen LogP contribution in [0.25, 0.3) is 0 Å². The van der Waals surface area contributed by atoms with E-state index < -0.39 is 23.7 Å². The highest BCUT2D eigenvalue weighted by Crippen LogP contribution is 2.30. The SMILES string of the molecule is CC(NC(=O)Nc1nnns1)(C(=O)O)C(F)(F)F. The molecule has 1 atom stereocenters. The third-order valence-corrected chi connectivity index (χ3v) is 2.39. The summed E-state index contributed by atoms with van der Waals surface area (Å²) in [5, 5.41) is 17.9. The molecule has 8 nitrogen and oxygen atoms in total. The van der Waals surface area contributed by atoms with Crippen molar-refractivity contribution >= 4 is 28.7 Å². The third kappa shape index (κ3) is 2.82. The zero-order chi connectivity index (χ0) is 14.0. The largest absolute Gasteiger partial charge is 0.479 e. The van der Waals surface area contributed by atoms with Crippen LogP contribution in [0.2, 0.25) is 0 Å². The van der Waals surface area contributed by atoms with Crippen LogP contribution in [0.15, 0.2) is 0 Å². The van der Waals surface area contributed by atoms with Crippen molar-refractivity contribution in [1.82, 2.24) is 20.1 Å². The zero-order valence-corrected chi connectivity index (χ0v) is 9.46. The summed E-state index contributed by atoms with van der Waals surface area (Å²) in [4.78, 5) is 21.8. The van der Waals surface area contributed by atoms with Gasteiger partial charge in [-0.2, -0.15) is 13.2 Å². The van der Waals surface area contributed by atoms with E-state index in [1.54, 1.807) is 0 Å². The average Bonchev–Trinajstić information content (AvgIpc) is 2.67. The summed E-state index contributed by atoms with van der Waals surface area (Å²) >= 11 is 0.620. The quantitative estimate of drug-likeness (QED) is 0.742. The van der Waals surface area contributed by atoms with Gasteiger partial charge >= 0.3 is 18.2 Å². The Kier molecular flexibility index (Phi) is 3.69. The molecule has 2 amide bonds. The highest BCUT2D eigenvalue weighted by atomic mass is 32.1. The lowest BCUT2D eigenvalue weighted by atomic mass is 10.0. The Bertz CT molecular complexity index is 450. The van der Waals surface area contributed by atoms with Crippen LogP contribution in [0.3, 0.4) is 0 Å². The van der Waals surface area contributed by atoms with Gasteiger partial charge in [-0.3, -0.25) is 5.32 Å². The van der Waals surface area contributed by atoms with Crippen molar-refractivity contribution in [1.29, 1.82) is 0 Å². The molecule has 0 radical (unpaired) electrons. The van der Waals surface area contributed by atoms with Crippen LogP contribution in [0.1, 0.15) is 6.92 Å². The minimum absolute atomic E-state index is 0.164. The maximum Gasteiger partial charge on any atom is 0.422 e. The zero-order valence-electron chi connectivity index (χ0n) is 8.65. The number of carbonyl (C=O) groups is 2.